The summed E-state index contributed by atoms with van der Waals surface area (Å²) in [6.07, 6.45) is 2.29. The molecule has 35 heavy (non-hydrogen) atoms. The van der Waals surface area contributed by atoms with E-state index in [9.17, 15) is 9.59 Å². The van der Waals surface area contributed by atoms with Crippen LogP contribution in [0.4, 0.5) is 4.79 Å². The van der Waals surface area contributed by atoms with Gasteiger partial charge in [-0.1, -0.05) is 59.6 Å². The highest BCUT2D eigenvalue weighted by Crippen LogP contribution is 2.39. The number of rotatable bonds is 8. The van der Waals surface area contributed by atoms with E-state index in [0.29, 0.717) is 49.5 Å². The molecule has 0 aliphatic carbocycles. The summed E-state index contributed by atoms with van der Waals surface area (Å²) >= 11 is 16.5. The number of amides is 2. The van der Waals surface area contributed by atoms with Gasteiger partial charge >= 0.3 is 0 Å². The molecular formula is C26H20BrCl2NO4S. The average Bonchev–Trinajstić information content (AvgIpc) is 3.11. The van der Waals surface area contributed by atoms with Crippen molar-refractivity contribution in [2.75, 3.05) is 13.7 Å². The normalized spacial score (nSPS) is 14.6. The van der Waals surface area contributed by atoms with Crippen molar-refractivity contribution in [2.24, 2.45) is 0 Å². The smallest absolute Gasteiger partial charge is 0.293 e. The molecule has 0 N–H and O–H groups in total. The quantitative estimate of drug-likeness (QED) is 0.252. The first-order chi connectivity index (χ1) is 16.9. The van der Waals surface area contributed by atoms with E-state index < -0.39 is 0 Å². The molecular weight excluding hydrogens is 573 g/mol. The van der Waals surface area contributed by atoms with Crippen LogP contribution in [0.1, 0.15) is 16.7 Å². The molecule has 1 aliphatic heterocycles. The van der Waals surface area contributed by atoms with Gasteiger partial charge in [-0.15, -0.1) is 0 Å². The average molecular weight is 593 g/mol. The van der Waals surface area contributed by atoms with Gasteiger partial charge in [-0.2, -0.15) is 0 Å². The van der Waals surface area contributed by atoms with Crippen molar-refractivity contribution in [2.45, 2.75) is 13.0 Å². The fraction of sp³-hybridized carbons (Fsp3) is 0.154. The second kappa shape index (κ2) is 11.5. The first-order valence-electron chi connectivity index (χ1n) is 10.6. The zero-order valence-electron chi connectivity index (χ0n) is 18.6. The van der Waals surface area contributed by atoms with Crippen LogP contribution in [0.3, 0.4) is 0 Å². The number of benzene rings is 3. The third-order valence-corrected chi connectivity index (χ3v) is 7.49. The lowest BCUT2D eigenvalue weighted by Crippen LogP contribution is -2.30. The Labute approximate surface area is 226 Å². The highest BCUT2D eigenvalue weighted by molar-refractivity contribution is 9.10. The Morgan fingerprint density at radius 2 is 1.77 bits per heavy atom. The predicted molar refractivity (Wildman–Crippen MR) is 144 cm³/mol. The van der Waals surface area contributed by atoms with E-state index in [1.165, 1.54) is 12.0 Å². The zero-order valence-corrected chi connectivity index (χ0v) is 22.5. The lowest BCUT2D eigenvalue weighted by atomic mass is 10.1. The Balaban J connectivity index is 1.49. The molecule has 0 spiro atoms. The fourth-order valence-corrected chi connectivity index (χ4v) is 5.24. The summed E-state index contributed by atoms with van der Waals surface area (Å²) in [5.41, 5.74) is 2.62. The van der Waals surface area contributed by atoms with Crippen molar-refractivity contribution < 1.29 is 19.1 Å². The van der Waals surface area contributed by atoms with Crippen molar-refractivity contribution in [3.8, 4) is 11.5 Å². The molecule has 9 heteroatoms. The topological polar surface area (TPSA) is 55.8 Å². The molecule has 0 atom stereocenters. The van der Waals surface area contributed by atoms with Gasteiger partial charge in [0.25, 0.3) is 11.1 Å². The summed E-state index contributed by atoms with van der Waals surface area (Å²) < 4.78 is 12.1. The van der Waals surface area contributed by atoms with E-state index in [2.05, 4.69) is 15.9 Å². The van der Waals surface area contributed by atoms with Crippen LogP contribution >= 0.6 is 50.9 Å². The molecule has 2 amide bonds. The summed E-state index contributed by atoms with van der Waals surface area (Å²) in [6.45, 7) is 0.589. The Morgan fingerprint density at radius 3 is 2.49 bits per heavy atom. The molecule has 180 valence electrons. The zero-order chi connectivity index (χ0) is 24.9. The van der Waals surface area contributed by atoms with Crippen LogP contribution in [0.2, 0.25) is 10.0 Å². The molecule has 0 unspecified atom stereocenters. The maximum absolute atomic E-state index is 12.9. The van der Waals surface area contributed by atoms with Crippen LogP contribution in [-0.2, 0) is 17.8 Å². The monoisotopic (exact) mass is 591 g/mol. The highest BCUT2D eigenvalue weighted by Gasteiger charge is 2.34. The number of nitrogens with zero attached hydrogens (tertiary/aromatic N) is 1. The maximum atomic E-state index is 12.9. The molecule has 5 nitrogen and oxygen atoms in total. The molecule has 0 saturated carbocycles. The van der Waals surface area contributed by atoms with Crippen molar-refractivity contribution in [1.29, 1.82) is 0 Å². The Bertz CT molecular complexity index is 1300. The summed E-state index contributed by atoms with van der Waals surface area (Å²) in [5, 5.41) is 0.652. The van der Waals surface area contributed by atoms with E-state index in [-0.39, 0.29) is 17.8 Å². The van der Waals surface area contributed by atoms with Crippen molar-refractivity contribution in [1.82, 2.24) is 4.90 Å². The molecule has 1 aliphatic rings. The summed E-state index contributed by atoms with van der Waals surface area (Å²) in [7, 11) is 1.54. The van der Waals surface area contributed by atoms with Crippen LogP contribution in [0, 0.1) is 0 Å². The molecule has 4 rings (SSSR count). The van der Waals surface area contributed by atoms with Crippen LogP contribution in [0.25, 0.3) is 6.08 Å². The van der Waals surface area contributed by atoms with E-state index in [1.54, 1.807) is 24.3 Å². The minimum Gasteiger partial charge on any atom is -0.493 e. The van der Waals surface area contributed by atoms with Gasteiger partial charge in [0.15, 0.2) is 11.5 Å². The third-order valence-electron chi connectivity index (χ3n) is 5.26. The van der Waals surface area contributed by atoms with Crippen LogP contribution in [-0.4, -0.2) is 29.7 Å². The Morgan fingerprint density at radius 1 is 1.00 bits per heavy atom. The van der Waals surface area contributed by atoms with Gasteiger partial charge in [-0.3, -0.25) is 14.5 Å². The SMILES string of the molecule is COc1cc(/C=C2\SC(=O)N(CCc3ccccc3)C2=O)cc(Br)c1OCc1ccc(Cl)c(Cl)c1. The Hall–Kier alpha value is -2.45. The van der Waals surface area contributed by atoms with Crippen LogP contribution < -0.4 is 9.47 Å². The van der Waals surface area contributed by atoms with Gasteiger partial charge in [0.2, 0.25) is 0 Å². The minimum atomic E-state index is -0.300. The second-order valence-corrected chi connectivity index (χ2v) is 10.3. The van der Waals surface area contributed by atoms with Gasteiger partial charge < -0.3 is 9.47 Å². The number of hydrogen-bond acceptors (Lipinski definition) is 5. The predicted octanol–water partition coefficient (Wildman–Crippen LogP) is 7.62. The largest absolute Gasteiger partial charge is 0.493 e. The highest BCUT2D eigenvalue weighted by atomic mass is 79.9. The number of ether oxygens (including phenoxy) is 2. The van der Waals surface area contributed by atoms with Gasteiger partial charge in [-0.25, -0.2) is 0 Å². The van der Waals surface area contributed by atoms with E-state index in [0.717, 1.165) is 22.9 Å². The van der Waals surface area contributed by atoms with E-state index in [1.807, 2.05) is 42.5 Å². The molecule has 0 radical (unpaired) electrons. The maximum Gasteiger partial charge on any atom is 0.293 e. The lowest BCUT2D eigenvalue weighted by molar-refractivity contribution is -0.122. The number of imide groups is 1. The Kier molecular flexibility index (Phi) is 8.44. The first kappa shape index (κ1) is 25.6. The minimum absolute atomic E-state index is 0.255. The van der Waals surface area contributed by atoms with E-state index >= 15 is 0 Å². The fourth-order valence-electron chi connectivity index (χ4n) is 3.48. The number of hydrogen-bond donors (Lipinski definition) is 0. The molecule has 1 saturated heterocycles. The molecule has 0 aromatic heterocycles. The molecule has 3 aromatic rings. The molecule has 0 bridgehead atoms. The number of carbonyl (C=O) groups is 2. The van der Waals surface area contributed by atoms with Crippen molar-refractivity contribution in [3.63, 3.8) is 0 Å². The standard InChI is InChI=1S/C26H20BrCl2NO4S/c1-33-22-13-18(11-19(27)24(22)34-15-17-7-8-20(28)21(29)12-17)14-23-25(31)30(26(32)35-23)10-9-16-5-3-2-4-6-16/h2-8,11-14H,9-10,15H2,1H3/b23-14-. The molecule has 1 fully saturated rings. The third kappa shape index (κ3) is 6.22. The van der Waals surface area contributed by atoms with Crippen LogP contribution in [0.15, 0.2) is 70.0 Å². The first-order valence-corrected chi connectivity index (χ1v) is 13.0. The van der Waals surface area contributed by atoms with Crippen LogP contribution in [0.5, 0.6) is 11.5 Å². The second-order valence-electron chi connectivity index (χ2n) is 7.64. The van der Waals surface area contributed by atoms with Gasteiger partial charge in [0, 0.05) is 6.54 Å². The molecule has 3 aromatic carbocycles. The summed E-state index contributed by atoms with van der Waals surface area (Å²) in [5.74, 6) is 0.687. The summed E-state index contributed by atoms with van der Waals surface area (Å²) in [4.78, 5) is 27.0. The van der Waals surface area contributed by atoms with Gasteiger partial charge in [0.05, 0.1) is 26.5 Å². The number of carbonyl (C=O) groups excluding carboxylic acids is 2. The van der Waals surface area contributed by atoms with E-state index in [4.69, 9.17) is 32.7 Å². The number of thioether (sulfide) groups is 1. The van der Waals surface area contributed by atoms with Crippen molar-refractivity contribution >= 4 is 68.1 Å². The van der Waals surface area contributed by atoms with Gasteiger partial charge in [-0.05, 0) is 81.1 Å². The number of halogens is 3. The summed E-state index contributed by atoms with van der Waals surface area (Å²) in [6, 6.07) is 18.6. The van der Waals surface area contributed by atoms with Gasteiger partial charge in [0.1, 0.15) is 6.61 Å². The number of methoxy groups -OCH3 is 1. The lowest BCUT2D eigenvalue weighted by Gasteiger charge is -2.14. The van der Waals surface area contributed by atoms with Crippen molar-refractivity contribution in [3.05, 3.63) is 96.8 Å². The molecule has 1 heterocycles.